The Labute approximate surface area is 130 Å². The van der Waals surface area contributed by atoms with Crippen molar-refractivity contribution < 1.29 is 9.18 Å². The first-order valence-corrected chi connectivity index (χ1v) is 7.56. The molecule has 2 N–H and O–H groups in total. The van der Waals surface area contributed by atoms with Gasteiger partial charge in [0.25, 0.3) is 5.91 Å². The predicted molar refractivity (Wildman–Crippen MR) is 85.3 cm³/mol. The van der Waals surface area contributed by atoms with Crippen LogP contribution in [-0.2, 0) is 6.42 Å². The van der Waals surface area contributed by atoms with Gasteiger partial charge < -0.3 is 10.6 Å². The zero-order valence-electron chi connectivity index (χ0n) is 11.2. The van der Waals surface area contributed by atoms with Crippen LogP contribution in [0.1, 0.15) is 22.3 Å². The lowest BCUT2D eigenvalue weighted by Gasteiger charge is -2.20. The minimum atomic E-state index is -0.384. The van der Waals surface area contributed by atoms with Crippen LogP contribution in [0.25, 0.3) is 0 Å². The fourth-order valence-corrected chi connectivity index (χ4v) is 2.85. The monoisotopic (exact) mass is 348 g/mol. The van der Waals surface area contributed by atoms with Crippen LogP contribution < -0.4 is 10.6 Å². The molecule has 0 atom stereocenters. The van der Waals surface area contributed by atoms with Crippen molar-refractivity contribution >= 4 is 33.2 Å². The maximum atomic E-state index is 13.3. The van der Waals surface area contributed by atoms with Gasteiger partial charge in [0, 0.05) is 22.3 Å². The molecule has 0 saturated heterocycles. The molecule has 0 aromatic heterocycles. The van der Waals surface area contributed by atoms with E-state index in [0.717, 1.165) is 30.6 Å². The van der Waals surface area contributed by atoms with Crippen molar-refractivity contribution in [3.8, 4) is 0 Å². The number of hydrogen-bond donors (Lipinski definition) is 2. The summed E-state index contributed by atoms with van der Waals surface area (Å²) < 4.78 is 13.9. The molecule has 0 bridgehead atoms. The largest absolute Gasteiger partial charge is 0.385 e. The number of fused-ring (bicyclic) bond motifs is 1. The third kappa shape index (κ3) is 2.93. The molecular formula is C16H14BrFN2O. The molecule has 1 heterocycles. The molecule has 0 unspecified atom stereocenters. The Morgan fingerprint density at radius 1 is 1.29 bits per heavy atom. The van der Waals surface area contributed by atoms with Gasteiger partial charge in [0.1, 0.15) is 5.82 Å². The molecule has 0 saturated carbocycles. The highest BCUT2D eigenvalue weighted by Crippen LogP contribution is 2.28. The topological polar surface area (TPSA) is 41.1 Å². The molecule has 0 spiro atoms. The Morgan fingerprint density at radius 2 is 2.14 bits per heavy atom. The lowest BCUT2D eigenvalue weighted by Crippen LogP contribution is -2.19. The SMILES string of the molecule is O=C(Nc1cc(F)ccc1Br)c1cccc2c1CCCN2. The second-order valence-corrected chi connectivity index (χ2v) is 5.79. The van der Waals surface area contributed by atoms with Crippen molar-refractivity contribution in [1.82, 2.24) is 0 Å². The second-order valence-electron chi connectivity index (χ2n) is 4.94. The van der Waals surface area contributed by atoms with Crippen LogP contribution in [0.15, 0.2) is 40.9 Å². The highest BCUT2D eigenvalue weighted by molar-refractivity contribution is 9.10. The fourth-order valence-electron chi connectivity index (χ4n) is 2.51. The average molecular weight is 349 g/mol. The van der Waals surface area contributed by atoms with Crippen LogP contribution in [0, 0.1) is 5.82 Å². The van der Waals surface area contributed by atoms with Crippen molar-refractivity contribution in [2.75, 3.05) is 17.2 Å². The molecule has 0 aliphatic carbocycles. The van der Waals surface area contributed by atoms with Gasteiger partial charge in [0.15, 0.2) is 0 Å². The number of amides is 1. The number of anilines is 2. The Kier molecular flexibility index (Phi) is 3.92. The van der Waals surface area contributed by atoms with Gasteiger partial charge in [-0.3, -0.25) is 4.79 Å². The van der Waals surface area contributed by atoms with E-state index in [0.29, 0.717) is 15.7 Å². The minimum absolute atomic E-state index is 0.221. The number of carbonyl (C=O) groups excluding carboxylic acids is 1. The van der Waals surface area contributed by atoms with E-state index < -0.39 is 0 Å². The maximum absolute atomic E-state index is 13.3. The molecule has 21 heavy (non-hydrogen) atoms. The van der Waals surface area contributed by atoms with Gasteiger partial charge in [-0.1, -0.05) is 6.07 Å². The Hall–Kier alpha value is -1.88. The van der Waals surface area contributed by atoms with Gasteiger partial charge in [-0.2, -0.15) is 0 Å². The minimum Gasteiger partial charge on any atom is -0.385 e. The van der Waals surface area contributed by atoms with Gasteiger partial charge in [0.2, 0.25) is 0 Å². The lowest BCUT2D eigenvalue weighted by molar-refractivity contribution is 0.102. The molecule has 2 aromatic rings. The predicted octanol–water partition coefficient (Wildman–Crippen LogP) is 4.20. The van der Waals surface area contributed by atoms with Crippen LogP contribution in [0.4, 0.5) is 15.8 Å². The zero-order chi connectivity index (χ0) is 14.8. The Balaban J connectivity index is 1.91. The van der Waals surface area contributed by atoms with Gasteiger partial charge in [0.05, 0.1) is 5.69 Å². The highest BCUT2D eigenvalue weighted by atomic mass is 79.9. The summed E-state index contributed by atoms with van der Waals surface area (Å²) in [6.45, 7) is 0.924. The van der Waals surface area contributed by atoms with Crippen LogP contribution in [0.3, 0.4) is 0 Å². The molecule has 0 fully saturated rings. The van der Waals surface area contributed by atoms with Gasteiger partial charge in [-0.15, -0.1) is 0 Å². The summed E-state index contributed by atoms with van der Waals surface area (Å²) >= 11 is 3.31. The van der Waals surface area contributed by atoms with Gasteiger partial charge in [-0.25, -0.2) is 4.39 Å². The summed E-state index contributed by atoms with van der Waals surface area (Å²) in [5, 5.41) is 6.06. The van der Waals surface area contributed by atoms with E-state index in [1.54, 1.807) is 12.1 Å². The van der Waals surface area contributed by atoms with E-state index in [1.165, 1.54) is 12.1 Å². The highest BCUT2D eigenvalue weighted by Gasteiger charge is 2.18. The van der Waals surface area contributed by atoms with Crippen LogP contribution >= 0.6 is 15.9 Å². The first-order valence-electron chi connectivity index (χ1n) is 6.77. The zero-order valence-corrected chi connectivity index (χ0v) is 12.8. The first kappa shape index (κ1) is 14.1. The number of halogens is 2. The molecule has 3 rings (SSSR count). The van der Waals surface area contributed by atoms with E-state index in [4.69, 9.17) is 0 Å². The summed E-state index contributed by atoms with van der Waals surface area (Å²) in [5.74, 6) is -0.605. The normalized spacial score (nSPS) is 13.2. The molecule has 5 heteroatoms. The van der Waals surface area contributed by atoms with Gasteiger partial charge in [-0.05, 0) is 64.7 Å². The van der Waals surface area contributed by atoms with Crippen LogP contribution in [-0.4, -0.2) is 12.5 Å². The fraction of sp³-hybridized carbons (Fsp3) is 0.188. The van der Waals surface area contributed by atoms with Crippen molar-refractivity contribution in [2.45, 2.75) is 12.8 Å². The van der Waals surface area contributed by atoms with Crippen LogP contribution in [0.2, 0.25) is 0 Å². The van der Waals surface area contributed by atoms with Crippen molar-refractivity contribution in [3.63, 3.8) is 0 Å². The van der Waals surface area contributed by atoms with Crippen molar-refractivity contribution in [2.24, 2.45) is 0 Å². The number of benzene rings is 2. The molecular weight excluding hydrogens is 335 g/mol. The summed E-state index contributed by atoms with van der Waals surface area (Å²) in [7, 11) is 0. The van der Waals surface area contributed by atoms with Gasteiger partial charge >= 0.3 is 0 Å². The van der Waals surface area contributed by atoms with Crippen molar-refractivity contribution in [3.05, 3.63) is 57.8 Å². The Bertz CT molecular complexity index is 703. The number of nitrogens with one attached hydrogen (secondary N) is 2. The quantitative estimate of drug-likeness (QED) is 0.853. The molecule has 108 valence electrons. The standard InChI is InChI=1S/C16H14BrFN2O/c17-13-7-6-10(18)9-15(13)20-16(21)12-3-1-5-14-11(12)4-2-8-19-14/h1,3,5-7,9,19H,2,4,8H2,(H,20,21). The number of hydrogen-bond acceptors (Lipinski definition) is 2. The summed E-state index contributed by atoms with van der Waals surface area (Å²) in [6, 6.07) is 9.85. The number of rotatable bonds is 2. The molecule has 2 aromatic carbocycles. The maximum Gasteiger partial charge on any atom is 0.256 e. The molecule has 1 amide bonds. The summed E-state index contributed by atoms with van der Waals surface area (Å²) in [5.41, 5.74) is 3.10. The summed E-state index contributed by atoms with van der Waals surface area (Å²) in [4.78, 5) is 12.5. The van der Waals surface area contributed by atoms with E-state index >= 15 is 0 Å². The molecule has 1 aliphatic rings. The van der Waals surface area contributed by atoms with E-state index in [-0.39, 0.29) is 11.7 Å². The molecule has 1 aliphatic heterocycles. The molecule has 3 nitrogen and oxygen atoms in total. The third-order valence-electron chi connectivity index (χ3n) is 3.52. The average Bonchev–Trinajstić information content (AvgIpc) is 2.50. The number of carbonyl (C=O) groups is 1. The first-order chi connectivity index (χ1) is 10.1. The van der Waals surface area contributed by atoms with Crippen LogP contribution in [0.5, 0.6) is 0 Å². The summed E-state index contributed by atoms with van der Waals surface area (Å²) in [6.07, 6.45) is 1.87. The second kappa shape index (κ2) is 5.85. The van der Waals surface area contributed by atoms with E-state index in [2.05, 4.69) is 26.6 Å². The van der Waals surface area contributed by atoms with Crippen molar-refractivity contribution in [1.29, 1.82) is 0 Å². The van der Waals surface area contributed by atoms with E-state index in [9.17, 15) is 9.18 Å². The lowest BCUT2D eigenvalue weighted by atomic mass is 9.97. The third-order valence-corrected chi connectivity index (χ3v) is 4.21. The smallest absolute Gasteiger partial charge is 0.256 e. The van der Waals surface area contributed by atoms with E-state index in [1.807, 2.05) is 12.1 Å². The molecule has 0 radical (unpaired) electrons. The Morgan fingerprint density at radius 3 is 3.00 bits per heavy atom.